The number of rotatable bonds is 6. The van der Waals surface area contributed by atoms with Crippen LogP contribution in [0.15, 0.2) is 41.4 Å². The summed E-state index contributed by atoms with van der Waals surface area (Å²) in [6.07, 6.45) is 6.47. The monoisotopic (exact) mass is 506 g/mol. The zero-order valence-electron chi connectivity index (χ0n) is 18.5. The molecule has 10 heteroatoms. The molecule has 3 aromatic rings. The molecular formula is C23H29ClN5O2S2+. The van der Waals surface area contributed by atoms with Crippen LogP contribution < -0.4 is 9.80 Å². The number of quaternary nitrogens is 1. The summed E-state index contributed by atoms with van der Waals surface area (Å²) in [5.41, 5.74) is 2.52. The van der Waals surface area contributed by atoms with Gasteiger partial charge in [0, 0.05) is 30.1 Å². The van der Waals surface area contributed by atoms with Gasteiger partial charge in [0.05, 0.1) is 36.3 Å². The first kappa shape index (κ1) is 23.1. The Morgan fingerprint density at radius 3 is 2.42 bits per heavy atom. The van der Waals surface area contributed by atoms with Gasteiger partial charge in [-0.1, -0.05) is 11.6 Å². The highest BCUT2D eigenvalue weighted by Crippen LogP contribution is 2.39. The number of benzene rings is 1. The van der Waals surface area contributed by atoms with Crippen LogP contribution in [-0.2, 0) is 9.84 Å². The van der Waals surface area contributed by atoms with E-state index in [2.05, 4.69) is 19.0 Å². The highest BCUT2D eigenvalue weighted by molar-refractivity contribution is 7.91. The molecule has 7 nitrogen and oxygen atoms in total. The van der Waals surface area contributed by atoms with Gasteiger partial charge >= 0.3 is 0 Å². The number of halogens is 1. The van der Waals surface area contributed by atoms with E-state index < -0.39 is 9.84 Å². The van der Waals surface area contributed by atoms with Gasteiger partial charge < -0.3 is 5.32 Å². The maximum absolute atomic E-state index is 13.2. The smallest absolute Gasteiger partial charge is 0.199 e. The fraction of sp³-hybridized carbons (Fsp3) is 0.522. The Labute approximate surface area is 204 Å². The number of nitrogens with one attached hydrogen (secondary N) is 1. The van der Waals surface area contributed by atoms with E-state index in [0.29, 0.717) is 32.5 Å². The van der Waals surface area contributed by atoms with Crippen molar-refractivity contribution in [3.05, 3.63) is 41.6 Å². The molecule has 0 aliphatic carbocycles. The van der Waals surface area contributed by atoms with Gasteiger partial charge in [-0.2, -0.15) is 8.75 Å². The molecule has 0 saturated carbocycles. The molecule has 0 radical (unpaired) electrons. The van der Waals surface area contributed by atoms with Crippen LogP contribution in [0, 0.1) is 11.8 Å². The standard InChI is InChI=1S/C23H29ClN5O2S2/c24-19-1-3-20(4-2-19)33(30,31)16-15-29(21-7-12-26-23-22(21)27-32-28-23)13-8-18(9-14-29)17-5-10-25-11-6-17/h1-4,7,12,17-18,25H,5-6,8-11,13-16H2/q+1. The van der Waals surface area contributed by atoms with Gasteiger partial charge in [-0.15, -0.1) is 0 Å². The number of aromatic nitrogens is 3. The van der Waals surface area contributed by atoms with E-state index in [0.717, 1.165) is 67.9 Å². The van der Waals surface area contributed by atoms with E-state index in [1.165, 1.54) is 12.8 Å². The number of nitrogens with zero attached hydrogens (tertiary/aromatic N) is 4. The number of pyridine rings is 1. The van der Waals surface area contributed by atoms with Gasteiger partial charge in [0.1, 0.15) is 5.75 Å². The summed E-state index contributed by atoms with van der Waals surface area (Å²) < 4.78 is 35.9. The van der Waals surface area contributed by atoms with Crippen LogP contribution >= 0.6 is 23.3 Å². The molecule has 0 unspecified atom stereocenters. The average Bonchev–Trinajstić information content (AvgIpc) is 3.33. The first-order valence-corrected chi connectivity index (χ1v) is 14.4. The Hall–Kier alpha value is -1.65. The van der Waals surface area contributed by atoms with Crippen LogP contribution in [0.2, 0.25) is 5.02 Å². The molecule has 1 N–H and O–H groups in total. The summed E-state index contributed by atoms with van der Waals surface area (Å²) >= 11 is 7.13. The summed E-state index contributed by atoms with van der Waals surface area (Å²) in [5.74, 6) is 1.55. The van der Waals surface area contributed by atoms with E-state index in [1.807, 2.05) is 6.07 Å². The van der Waals surface area contributed by atoms with Gasteiger partial charge in [0.25, 0.3) is 0 Å². The predicted molar refractivity (Wildman–Crippen MR) is 133 cm³/mol. The average molecular weight is 507 g/mol. The molecule has 0 atom stereocenters. The van der Waals surface area contributed by atoms with Crippen LogP contribution in [0.3, 0.4) is 0 Å². The molecule has 4 heterocycles. The largest absolute Gasteiger partial charge is 0.317 e. The van der Waals surface area contributed by atoms with Gasteiger partial charge in [0.15, 0.2) is 26.7 Å². The molecule has 2 aliphatic rings. The number of likely N-dealkylation sites (tertiary alicyclic amines) is 1. The Morgan fingerprint density at radius 1 is 1.00 bits per heavy atom. The summed E-state index contributed by atoms with van der Waals surface area (Å²) in [6, 6.07) is 8.48. The van der Waals surface area contributed by atoms with E-state index in [-0.39, 0.29) is 5.75 Å². The lowest BCUT2D eigenvalue weighted by molar-refractivity contribution is 0.138. The highest BCUT2D eigenvalue weighted by Gasteiger charge is 2.41. The quantitative estimate of drug-likeness (QED) is 0.510. The number of piperidine rings is 2. The molecule has 1 aromatic carbocycles. The third kappa shape index (κ3) is 4.79. The molecule has 0 bridgehead atoms. The number of hydrogen-bond donors (Lipinski definition) is 1. The van der Waals surface area contributed by atoms with E-state index in [1.54, 1.807) is 30.5 Å². The topological polar surface area (TPSA) is 84.8 Å². The normalized spacial score (nSPS) is 24.8. The summed E-state index contributed by atoms with van der Waals surface area (Å²) in [7, 11) is -3.43. The minimum atomic E-state index is -3.43. The van der Waals surface area contributed by atoms with Gasteiger partial charge in [-0.05, 0) is 62.0 Å². The SMILES string of the molecule is O=S(=O)(CC[N+]1(c2ccnc3nsnc23)CCC(C2CCNCC2)CC1)c1ccc(Cl)cc1. The molecule has 2 saturated heterocycles. The van der Waals surface area contributed by atoms with Crippen molar-refractivity contribution in [1.29, 1.82) is 0 Å². The van der Waals surface area contributed by atoms with Crippen molar-refractivity contribution < 1.29 is 8.42 Å². The molecule has 2 aliphatic heterocycles. The Morgan fingerprint density at radius 2 is 1.70 bits per heavy atom. The first-order chi connectivity index (χ1) is 16.0. The minimum Gasteiger partial charge on any atom is -0.317 e. The summed E-state index contributed by atoms with van der Waals surface area (Å²) in [5, 5.41) is 4.00. The van der Waals surface area contributed by atoms with E-state index in [4.69, 9.17) is 11.6 Å². The summed E-state index contributed by atoms with van der Waals surface area (Å²) in [6.45, 7) is 4.56. The van der Waals surface area contributed by atoms with Gasteiger partial charge in [-0.25, -0.2) is 13.4 Å². The third-order valence-corrected chi connectivity index (χ3v) is 10.0. The molecule has 33 heavy (non-hydrogen) atoms. The minimum absolute atomic E-state index is 0.0774. The lowest BCUT2D eigenvalue weighted by Crippen LogP contribution is -2.57. The van der Waals surface area contributed by atoms with Crippen LogP contribution in [0.5, 0.6) is 0 Å². The molecule has 2 aromatic heterocycles. The lowest BCUT2D eigenvalue weighted by Gasteiger charge is -2.45. The molecule has 2 fully saturated rings. The van der Waals surface area contributed by atoms with Crippen LogP contribution in [0.1, 0.15) is 25.7 Å². The molecular weight excluding hydrogens is 478 g/mol. The van der Waals surface area contributed by atoms with Gasteiger partial charge in [-0.3, -0.25) is 4.48 Å². The summed E-state index contributed by atoms with van der Waals surface area (Å²) in [4.78, 5) is 4.69. The van der Waals surface area contributed by atoms with Crippen molar-refractivity contribution >= 4 is 50.0 Å². The van der Waals surface area contributed by atoms with E-state index >= 15 is 0 Å². The molecule has 0 spiro atoms. The van der Waals surface area contributed by atoms with Crippen LogP contribution in [-0.4, -0.2) is 60.6 Å². The Kier molecular flexibility index (Phi) is 6.68. The number of hydrogen-bond acceptors (Lipinski definition) is 7. The second-order valence-electron chi connectivity index (χ2n) is 9.28. The fourth-order valence-electron chi connectivity index (χ4n) is 5.58. The van der Waals surface area contributed by atoms with Crippen molar-refractivity contribution in [3.8, 4) is 0 Å². The van der Waals surface area contributed by atoms with Crippen molar-refractivity contribution in [2.45, 2.75) is 30.6 Å². The van der Waals surface area contributed by atoms with Gasteiger partial charge in [0.2, 0.25) is 0 Å². The maximum Gasteiger partial charge on any atom is 0.199 e. The first-order valence-electron chi connectivity index (χ1n) is 11.6. The molecule has 5 rings (SSSR count). The molecule has 176 valence electrons. The fourth-order valence-corrected chi connectivity index (χ4v) is 7.59. The van der Waals surface area contributed by atoms with Crippen molar-refractivity contribution in [2.24, 2.45) is 11.8 Å². The Bertz CT molecular complexity index is 1200. The third-order valence-electron chi connectivity index (χ3n) is 7.52. The van der Waals surface area contributed by atoms with Crippen molar-refractivity contribution in [3.63, 3.8) is 0 Å². The predicted octanol–water partition coefficient (Wildman–Crippen LogP) is 3.93. The number of sulfone groups is 1. The molecule has 0 amide bonds. The van der Waals surface area contributed by atoms with Crippen LogP contribution in [0.25, 0.3) is 11.2 Å². The highest BCUT2D eigenvalue weighted by atomic mass is 35.5. The van der Waals surface area contributed by atoms with Crippen molar-refractivity contribution in [1.82, 2.24) is 23.5 Å². The van der Waals surface area contributed by atoms with Crippen LogP contribution in [0.4, 0.5) is 5.69 Å². The lowest BCUT2D eigenvalue weighted by atomic mass is 9.78. The second-order valence-corrected chi connectivity index (χ2v) is 12.4. The Balaban J connectivity index is 1.42. The zero-order valence-corrected chi connectivity index (χ0v) is 20.9. The second kappa shape index (κ2) is 9.54. The maximum atomic E-state index is 13.2. The van der Waals surface area contributed by atoms with E-state index in [9.17, 15) is 8.42 Å². The number of fused-ring (bicyclic) bond motifs is 1. The zero-order chi connectivity index (χ0) is 22.9. The van der Waals surface area contributed by atoms with Crippen molar-refractivity contribution in [2.75, 3.05) is 38.5 Å².